The number of nitrogens with zero attached hydrogens (tertiary/aromatic N) is 1. The van der Waals surface area contributed by atoms with Gasteiger partial charge in [-0.05, 0) is 30.0 Å². The van der Waals surface area contributed by atoms with Crippen LogP contribution in [-0.4, -0.2) is 41.6 Å². The maximum absolute atomic E-state index is 12.2. The highest BCUT2D eigenvalue weighted by Crippen LogP contribution is 2.13. The van der Waals surface area contributed by atoms with Gasteiger partial charge in [-0.25, -0.2) is 0 Å². The second-order valence-electron chi connectivity index (χ2n) is 5.66. The molecule has 0 spiro atoms. The molecule has 0 aromatic heterocycles. The van der Waals surface area contributed by atoms with Crippen LogP contribution in [0, 0.1) is 5.92 Å². The average Bonchev–Trinajstić information content (AvgIpc) is 2.49. The zero-order valence-corrected chi connectivity index (χ0v) is 13.5. The molecule has 0 heterocycles. The van der Waals surface area contributed by atoms with Gasteiger partial charge in [0.1, 0.15) is 5.75 Å². The van der Waals surface area contributed by atoms with Gasteiger partial charge in [-0.2, -0.15) is 0 Å². The number of carbonyl (C=O) groups excluding carboxylic acids is 1. The van der Waals surface area contributed by atoms with E-state index in [1.54, 1.807) is 4.90 Å². The van der Waals surface area contributed by atoms with Gasteiger partial charge in [-0.15, -0.1) is 0 Å². The van der Waals surface area contributed by atoms with E-state index in [1.165, 1.54) is 5.56 Å². The lowest BCUT2D eigenvalue weighted by atomic mass is 10.2. The SMILES string of the molecule is CCc1ccc(OCC(=O)N(CCC(=O)O)CC(C)C)cc1. The molecule has 0 unspecified atom stereocenters. The number of carboxylic acids is 1. The van der Waals surface area contributed by atoms with E-state index in [9.17, 15) is 9.59 Å². The van der Waals surface area contributed by atoms with E-state index in [1.807, 2.05) is 38.1 Å². The summed E-state index contributed by atoms with van der Waals surface area (Å²) in [5.41, 5.74) is 1.21. The van der Waals surface area contributed by atoms with Gasteiger partial charge >= 0.3 is 5.97 Å². The highest BCUT2D eigenvalue weighted by atomic mass is 16.5. The van der Waals surface area contributed by atoms with Crippen LogP contribution in [0.25, 0.3) is 0 Å². The lowest BCUT2D eigenvalue weighted by Crippen LogP contribution is -2.38. The van der Waals surface area contributed by atoms with Crippen molar-refractivity contribution in [3.63, 3.8) is 0 Å². The number of amides is 1. The molecule has 0 aliphatic rings. The first-order chi connectivity index (χ1) is 10.4. The van der Waals surface area contributed by atoms with Crippen LogP contribution in [0.2, 0.25) is 0 Å². The second kappa shape index (κ2) is 9.07. The van der Waals surface area contributed by atoms with E-state index in [2.05, 4.69) is 6.92 Å². The quantitative estimate of drug-likeness (QED) is 0.761. The summed E-state index contributed by atoms with van der Waals surface area (Å²) in [5, 5.41) is 8.77. The van der Waals surface area contributed by atoms with Crippen molar-refractivity contribution in [1.82, 2.24) is 4.90 Å². The van der Waals surface area contributed by atoms with Gasteiger partial charge in [0.15, 0.2) is 6.61 Å². The van der Waals surface area contributed by atoms with Gasteiger partial charge in [-0.3, -0.25) is 9.59 Å². The molecule has 0 bridgehead atoms. The smallest absolute Gasteiger partial charge is 0.305 e. The van der Waals surface area contributed by atoms with E-state index >= 15 is 0 Å². The summed E-state index contributed by atoms with van der Waals surface area (Å²) in [7, 11) is 0. The van der Waals surface area contributed by atoms with Crippen molar-refractivity contribution in [1.29, 1.82) is 0 Å². The fourth-order valence-corrected chi connectivity index (χ4v) is 2.05. The molecule has 1 amide bonds. The maximum Gasteiger partial charge on any atom is 0.305 e. The monoisotopic (exact) mass is 307 g/mol. The maximum atomic E-state index is 12.2. The van der Waals surface area contributed by atoms with Crippen LogP contribution in [0.1, 0.15) is 32.8 Å². The van der Waals surface area contributed by atoms with Crippen LogP contribution in [0.4, 0.5) is 0 Å². The fourth-order valence-electron chi connectivity index (χ4n) is 2.05. The lowest BCUT2D eigenvalue weighted by molar-refractivity contribution is -0.139. The lowest BCUT2D eigenvalue weighted by Gasteiger charge is -2.24. The predicted octanol–water partition coefficient (Wildman–Crippen LogP) is 2.59. The second-order valence-corrected chi connectivity index (χ2v) is 5.66. The van der Waals surface area contributed by atoms with E-state index < -0.39 is 5.97 Å². The summed E-state index contributed by atoms with van der Waals surface area (Å²) in [6.07, 6.45) is 0.903. The topological polar surface area (TPSA) is 66.8 Å². The number of hydrogen-bond acceptors (Lipinski definition) is 3. The summed E-state index contributed by atoms with van der Waals surface area (Å²) in [6.45, 7) is 6.73. The third-order valence-electron chi connectivity index (χ3n) is 3.23. The third kappa shape index (κ3) is 6.61. The Hall–Kier alpha value is -2.04. The van der Waals surface area contributed by atoms with E-state index in [4.69, 9.17) is 9.84 Å². The molecule has 1 aromatic carbocycles. The number of carboxylic acid groups (broad SMARTS) is 1. The number of aliphatic carboxylic acids is 1. The van der Waals surface area contributed by atoms with E-state index in [0.717, 1.165) is 6.42 Å². The molecule has 0 aliphatic carbocycles. The van der Waals surface area contributed by atoms with Crippen LogP contribution < -0.4 is 4.74 Å². The van der Waals surface area contributed by atoms with Gasteiger partial charge in [0, 0.05) is 13.1 Å². The Kier molecular flexibility index (Phi) is 7.43. The van der Waals surface area contributed by atoms with E-state index in [0.29, 0.717) is 12.3 Å². The van der Waals surface area contributed by atoms with E-state index in [-0.39, 0.29) is 31.4 Å². The number of aryl methyl sites for hydroxylation is 1. The number of carbonyl (C=O) groups is 2. The zero-order chi connectivity index (χ0) is 16.5. The van der Waals surface area contributed by atoms with Crippen molar-refractivity contribution in [2.45, 2.75) is 33.6 Å². The average molecular weight is 307 g/mol. The molecule has 1 rings (SSSR count). The Bertz CT molecular complexity index is 482. The van der Waals surface area contributed by atoms with Crippen molar-refractivity contribution < 1.29 is 19.4 Å². The molecule has 122 valence electrons. The van der Waals surface area contributed by atoms with Gasteiger partial charge < -0.3 is 14.7 Å². The number of rotatable bonds is 9. The Morgan fingerprint density at radius 3 is 2.36 bits per heavy atom. The van der Waals surface area contributed by atoms with Crippen LogP contribution in [0.3, 0.4) is 0 Å². The summed E-state index contributed by atoms with van der Waals surface area (Å²) in [6, 6.07) is 7.62. The molecule has 5 nitrogen and oxygen atoms in total. The molecule has 1 aromatic rings. The molecule has 5 heteroatoms. The van der Waals surface area contributed by atoms with Crippen LogP contribution in [-0.2, 0) is 16.0 Å². The van der Waals surface area contributed by atoms with Crippen LogP contribution >= 0.6 is 0 Å². The Labute approximate surface area is 131 Å². The van der Waals surface area contributed by atoms with Gasteiger partial charge in [-0.1, -0.05) is 32.9 Å². The summed E-state index contributed by atoms with van der Waals surface area (Å²) >= 11 is 0. The molecule has 0 saturated heterocycles. The van der Waals surface area contributed by atoms with Crippen molar-refractivity contribution in [3.05, 3.63) is 29.8 Å². The number of hydrogen-bond donors (Lipinski definition) is 1. The van der Waals surface area contributed by atoms with Gasteiger partial charge in [0.05, 0.1) is 6.42 Å². The molecule has 0 radical (unpaired) electrons. The van der Waals surface area contributed by atoms with Gasteiger partial charge in [0.25, 0.3) is 5.91 Å². The Balaban J connectivity index is 2.55. The minimum Gasteiger partial charge on any atom is -0.484 e. The summed E-state index contributed by atoms with van der Waals surface area (Å²) in [4.78, 5) is 24.4. The Morgan fingerprint density at radius 2 is 1.86 bits per heavy atom. The normalized spacial score (nSPS) is 10.5. The standard InChI is InChI=1S/C17H25NO4/c1-4-14-5-7-15(8-6-14)22-12-16(19)18(11-13(2)3)10-9-17(20)21/h5-8,13H,4,9-12H2,1-3H3,(H,20,21). The predicted molar refractivity (Wildman–Crippen MR) is 85.0 cm³/mol. The molecule has 0 atom stereocenters. The minimum absolute atomic E-state index is 0.0519. The highest BCUT2D eigenvalue weighted by Gasteiger charge is 2.16. The van der Waals surface area contributed by atoms with Crippen molar-refractivity contribution in [3.8, 4) is 5.75 Å². The molecule has 0 fully saturated rings. The molecular formula is C17H25NO4. The summed E-state index contributed by atoms with van der Waals surface area (Å²) in [5.74, 6) is -0.165. The largest absolute Gasteiger partial charge is 0.484 e. The molecule has 0 aliphatic heterocycles. The van der Waals surface area contributed by atoms with Crippen molar-refractivity contribution in [2.75, 3.05) is 19.7 Å². The molecule has 22 heavy (non-hydrogen) atoms. The summed E-state index contributed by atoms with van der Waals surface area (Å²) < 4.78 is 5.50. The van der Waals surface area contributed by atoms with Crippen LogP contribution in [0.5, 0.6) is 5.75 Å². The third-order valence-corrected chi connectivity index (χ3v) is 3.23. The first-order valence-corrected chi connectivity index (χ1v) is 7.63. The highest BCUT2D eigenvalue weighted by molar-refractivity contribution is 5.78. The van der Waals surface area contributed by atoms with Crippen LogP contribution in [0.15, 0.2) is 24.3 Å². The van der Waals surface area contributed by atoms with Crippen molar-refractivity contribution >= 4 is 11.9 Å². The Morgan fingerprint density at radius 1 is 1.23 bits per heavy atom. The zero-order valence-electron chi connectivity index (χ0n) is 13.5. The molecule has 1 N–H and O–H groups in total. The van der Waals surface area contributed by atoms with Crippen molar-refractivity contribution in [2.24, 2.45) is 5.92 Å². The van der Waals surface area contributed by atoms with Gasteiger partial charge in [0.2, 0.25) is 0 Å². The first kappa shape index (κ1) is 18.0. The first-order valence-electron chi connectivity index (χ1n) is 7.63. The molecule has 0 saturated carbocycles. The number of benzene rings is 1. The molecular weight excluding hydrogens is 282 g/mol. The number of ether oxygens (including phenoxy) is 1. The fraction of sp³-hybridized carbons (Fsp3) is 0.529. The minimum atomic E-state index is -0.905.